The number of para-hydroxylation sites is 1. The zero-order valence-electron chi connectivity index (χ0n) is 14.9. The Kier molecular flexibility index (Phi) is 3.83. The number of aromatic nitrogens is 2. The van der Waals surface area contributed by atoms with Crippen molar-refractivity contribution in [3.05, 3.63) is 47.5 Å². The van der Waals surface area contributed by atoms with Crippen LogP contribution in [0.3, 0.4) is 0 Å². The molecule has 0 atom stereocenters. The second-order valence-corrected chi connectivity index (χ2v) is 8.85. The molecular weight excluding hydrogens is 360 g/mol. The molecule has 1 fully saturated rings. The second-order valence-electron chi connectivity index (χ2n) is 6.86. The van der Waals surface area contributed by atoms with Crippen molar-refractivity contribution in [3.8, 4) is 0 Å². The highest BCUT2D eigenvalue weighted by Gasteiger charge is 2.22. The average molecular weight is 381 g/mol. The predicted octanol–water partition coefficient (Wildman–Crippen LogP) is 4.85. The topological polar surface area (TPSA) is 32.3 Å². The van der Waals surface area contributed by atoms with Crippen LogP contribution in [-0.2, 0) is 0 Å². The molecular formula is C20H20N4S2. The van der Waals surface area contributed by atoms with Gasteiger partial charge in [0.25, 0.3) is 0 Å². The van der Waals surface area contributed by atoms with Crippen LogP contribution in [0.5, 0.6) is 0 Å². The fourth-order valence-corrected chi connectivity index (χ4v) is 5.67. The Morgan fingerprint density at radius 3 is 2.19 bits per heavy atom. The molecule has 0 amide bonds. The largest absolute Gasteiger partial charge is 0.345 e. The molecule has 0 N–H and O–H groups in total. The molecule has 1 aliphatic heterocycles. The Morgan fingerprint density at radius 2 is 1.46 bits per heavy atom. The minimum atomic E-state index is 0.994. The van der Waals surface area contributed by atoms with Crippen LogP contribution >= 0.6 is 22.7 Å². The Labute approximate surface area is 160 Å². The van der Waals surface area contributed by atoms with E-state index < -0.39 is 0 Å². The highest BCUT2D eigenvalue weighted by Crippen LogP contribution is 2.34. The van der Waals surface area contributed by atoms with Gasteiger partial charge in [0.2, 0.25) is 0 Å². The van der Waals surface area contributed by atoms with Gasteiger partial charge in [-0.25, -0.2) is 9.97 Å². The van der Waals surface area contributed by atoms with Gasteiger partial charge in [0.15, 0.2) is 10.3 Å². The van der Waals surface area contributed by atoms with Crippen LogP contribution in [0.1, 0.15) is 11.1 Å². The van der Waals surface area contributed by atoms with Gasteiger partial charge in [-0.2, -0.15) is 0 Å². The van der Waals surface area contributed by atoms with Crippen LogP contribution in [0.25, 0.3) is 20.4 Å². The third kappa shape index (κ3) is 2.73. The number of piperazine rings is 1. The van der Waals surface area contributed by atoms with E-state index in [1.54, 1.807) is 11.3 Å². The van der Waals surface area contributed by atoms with Gasteiger partial charge >= 0.3 is 0 Å². The number of aryl methyl sites for hydroxylation is 2. The van der Waals surface area contributed by atoms with Crippen molar-refractivity contribution in [1.29, 1.82) is 0 Å². The molecule has 2 aromatic heterocycles. The highest BCUT2D eigenvalue weighted by atomic mass is 32.1. The monoisotopic (exact) mass is 380 g/mol. The first-order valence-electron chi connectivity index (χ1n) is 8.91. The number of hydrogen-bond acceptors (Lipinski definition) is 6. The molecule has 3 heterocycles. The van der Waals surface area contributed by atoms with Crippen LogP contribution in [-0.4, -0.2) is 36.1 Å². The van der Waals surface area contributed by atoms with Gasteiger partial charge in [0.05, 0.1) is 20.4 Å². The fraction of sp³-hybridized carbons (Fsp3) is 0.300. The van der Waals surface area contributed by atoms with Gasteiger partial charge in [0.1, 0.15) is 0 Å². The first-order valence-corrected chi connectivity index (χ1v) is 10.5. The number of nitrogens with zero attached hydrogens (tertiary/aromatic N) is 4. The average Bonchev–Trinajstić information content (AvgIpc) is 3.26. The standard InChI is InChI=1S/C20H20N4S2/c1-13-11-14(2)18-16(12-13)22-20(26-18)24-9-7-23(8-10-24)19-21-15-5-3-4-6-17(15)25-19/h3-6,11-12H,7-10H2,1-2H3. The summed E-state index contributed by atoms with van der Waals surface area (Å²) in [6.07, 6.45) is 0. The molecule has 1 aliphatic rings. The zero-order valence-corrected chi connectivity index (χ0v) is 16.5. The lowest BCUT2D eigenvalue weighted by Gasteiger charge is -2.34. The Bertz CT molecular complexity index is 1060. The van der Waals surface area contributed by atoms with Crippen molar-refractivity contribution in [2.24, 2.45) is 0 Å². The molecule has 0 radical (unpaired) electrons. The number of rotatable bonds is 2. The van der Waals surface area contributed by atoms with E-state index in [9.17, 15) is 0 Å². The van der Waals surface area contributed by atoms with E-state index in [0.717, 1.165) is 47.5 Å². The summed E-state index contributed by atoms with van der Waals surface area (Å²) in [7, 11) is 0. The summed E-state index contributed by atoms with van der Waals surface area (Å²) in [6.45, 7) is 8.30. The number of fused-ring (bicyclic) bond motifs is 2. The smallest absolute Gasteiger partial charge is 0.186 e. The summed E-state index contributed by atoms with van der Waals surface area (Å²) in [5.74, 6) is 0. The molecule has 132 valence electrons. The number of anilines is 2. The van der Waals surface area contributed by atoms with Crippen LogP contribution in [0.2, 0.25) is 0 Å². The predicted molar refractivity (Wildman–Crippen MR) is 113 cm³/mol. The lowest BCUT2D eigenvalue weighted by Crippen LogP contribution is -2.46. The van der Waals surface area contributed by atoms with Gasteiger partial charge < -0.3 is 9.80 Å². The molecule has 0 bridgehead atoms. The first-order chi connectivity index (χ1) is 12.7. The third-order valence-electron chi connectivity index (χ3n) is 4.91. The molecule has 4 aromatic rings. The summed E-state index contributed by atoms with van der Waals surface area (Å²) in [4.78, 5) is 14.5. The molecule has 6 heteroatoms. The Hall–Kier alpha value is -2.18. The summed E-state index contributed by atoms with van der Waals surface area (Å²) >= 11 is 3.61. The Morgan fingerprint density at radius 1 is 0.808 bits per heavy atom. The molecule has 4 nitrogen and oxygen atoms in total. The first kappa shape index (κ1) is 16.0. The van der Waals surface area contributed by atoms with E-state index in [0.29, 0.717) is 0 Å². The maximum atomic E-state index is 4.90. The fourth-order valence-electron chi connectivity index (χ4n) is 3.58. The maximum Gasteiger partial charge on any atom is 0.186 e. The van der Waals surface area contributed by atoms with Gasteiger partial charge in [0, 0.05) is 26.2 Å². The van der Waals surface area contributed by atoms with Crippen molar-refractivity contribution >= 4 is 53.4 Å². The van der Waals surface area contributed by atoms with E-state index in [1.165, 1.54) is 20.5 Å². The quantitative estimate of drug-likeness (QED) is 0.498. The highest BCUT2D eigenvalue weighted by molar-refractivity contribution is 7.22. The van der Waals surface area contributed by atoms with Gasteiger partial charge in [-0.15, -0.1) is 0 Å². The van der Waals surface area contributed by atoms with Crippen molar-refractivity contribution in [1.82, 2.24) is 9.97 Å². The van der Waals surface area contributed by atoms with Crippen LogP contribution in [0.4, 0.5) is 10.3 Å². The minimum absolute atomic E-state index is 0.994. The van der Waals surface area contributed by atoms with E-state index in [4.69, 9.17) is 9.97 Å². The van der Waals surface area contributed by atoms with E-state index in [-0.39, 0.29) is 0 Å². The summed E-state index contributed by atoms with van der Waals surface area (Å²) in [5.41, 5.74) is 4.85. The normalized spacial score (nSPS) is 15.3. The SMILES string of the molecule is Cc1cc(C)c2sc(N3CCN(c4nc5ccccc5s4)CC3)nc2c1. The molecule has 0 spiro atoms. The third-order valence-corrected chi connectivity index (χ3v) is 7.28. The summed E-state index contributed by atoms with van der Waals surface area (Å²) < 4.78 is 2.58. The molecule has 0 saturated carbocycles. The van der Waals surface area contributed by atoms with Crippen molar-refractivity contribution in [3.63, 3.8) is 0 Å². The lowest BCUT2D eigenvalue weighted by molar-refractivity contribution is 0.651. The van der Waals surface area contributed by atoms with Crippen LogP contribution in [0, 0.1) is 13.8 Å². The molecule has 2 aromatic carbocycles. The van der Waals surface area contributed by atoms with Gasteiger partial charge in [-0.3, -0.25) is 0 Å². The molecule has 26 heavy (non-hydrogen) atoms. The van der Waals surface area contributed by atoms with Gasteiger partial charge in [-0.1, -0.05) is 40.9 Å². The number of hydrogen-bond donors (Lipinski definition) is 0. The molecule has 5 rings (SSSR count). The maximum absolute atomic E-state index is 4.90. The summed E-state index contributed by atoms with van der Waals surface area (Å²) in [6, 6.07) is 12.8. The van der Waals surface area contributed by atoms with Crippen molar-refractivity contribution < 1.29 is 0 Å². The Balaban J connectivity index is 1.36. The van der Waals surface area contributed by atoms with E-state index in [2.05, 4.69) is 60.0 Å². The number of benzene rings is 2. The van der Waals surface area contributed by atoms with Crippen molar-refractivity contribution in [2.45, 2.75) is 13.8 Å². The second kappa shape index (κ2) is 6.21. The van der Waals surface area contributed by atoms with Gasteiger partial charge in [-0.05, 0) is 43.2 Å². The lowest BCUT2D eigenvalue weighted by atomic mass is 10.1. The van der Waals surface area contributed by atoms with Crippen molar-refractivity contribution in [2.75, 3.05) is 36.0 Å². The van der Waals surface area contributed by atoms with E-state index >= 15 is 0 Å². The van der Waals surface area contributed by atoms with Crippen LogP contribution < -0.4 is 9.80 Å². The molecule has 0 aliphatic carbocycles. The zero-order chi connectivity index (χ0) is 17.7. The molecule has 1 saturated heterocycles. The minimum Gasteiger partial charge on any atom is -0.345 e. The number of thiazole rings is 2. The molecule has 0 unspecified atom stereocenters. The van der Waals surface area contributed by atoms with Crippen LogP contribution in [0.15, 0.2) is 36.4 Å². The van der Waals surface area contributed by atoms with E-state index in [1.807, 2.05) is 11.3 Å². The summed E-state index contributed by atoms with van der Waals surface area (Å²) in [5, 5.41) is 2.29.